The van der Waals surface area contributed by atoms with E-state index in [1.165, 1.54) is 38.5 Å². The fourth-order valence-electron chi connectivity index (χ4n) is 6.94. The normalized spacial score (nSPS) is 27.1. The maximum Gasteiger partial charge on any atom is 0.271 e. The third kappa shape index (κ3) is 3.95. The van der Waals surface area contributed by atoms with Crippen LogP contribution in [0.25, 0.3) is 5.65 Å². The summed E-state index contributed by atoms with van der Waals surface area (Å²) in [5.74, 6) is 2.14. The van der Waals surface area contributed by atoms with Crippen LogP contribution in [0.2, 0.25) is 0 Å². The van der Waals surface area contributed by atoms with Crippen molar-refractivity contribution in [3.63, 3.8) is 0 Å². The van der Waals surface area contributed by atoms with Gasteiger partial charge in [0, 0.05) is 18.9 Å². The second kappa shape index (κ2) is 8.18. The minimum absolute atomic E-state index is 0.111. The van der Waals surface area contributed by atoms with Crippen molar-refractivity contribution in [1.29, 1.82) is 0 Å². The molecule has 3 heterocycles. The van der Waals surface area contributed by atoms with Crippen LogP contribution in [0.4, 0.5) is 0 Å². The van der Waals surface area contributed by atoms with Crippen molar-refractivity contribution in [1.82, 2.24) is 30.0 Å². The second-order valence-corrected chi connectivity index (χ2v) is 10.7. The molecule has 0 radical (unpaired) electrons. The molecule has 4 aliphatic carbocycles. The van der Waals surface area contributed by atoms with Crippen molar-refractivity contribution < 1.29 is 9.59 Å². The first-order chi connectivity index (χ1) is 16.5. The summed E-state index contributed by atoms with van der Waals surface area (Å²) < 4.78 is 1.70. The molecule has 8 heteroatoms. The molecule has 2 amide bonds. The lowest BCUT2D eigenvalue weighted by molar-refractivity contribution is -0.0503. The molecule has 0 spiro atoms. The Labute approximate surface area is 198 Å². The number of nitrogens with zero attached hydrogens (tertiary/aromatic N) is 4. The third-order valence-corrected chi connectivity index (χ3v) is 8.01. The van der Waals surface area contributed by atoms with Crippen LogP contribution in [0.3, 0.4) is 0 Å². The van der Waals surface area contributed by atoms with E-state index >= 15 is 0 Å². The van der Waals surface area contributed by atoms with Crippen molar-refractivity contribution in [2.24, 2.45) is 23.2 Å². The molecule has 0 aliphatic heterocycles. The number of pyridine rings is 1. The van der Waals surface area contributed by atoms with Crippen molar-refractivity contribution in [2.75, 3.05) is 6.54 Å². The largest absolute Gasteiger partial charge is 0.350 e. The summed E-state index contributed by atoms with van der Waals surface area (Å²) >= 11 is 0. The van der Waals surface area contributed by atoms with E-state index in [9.17, 15) is 9.59 Å². The number of aryl methyl sites for hydroxylation is 1. The Morgan fingerprint density at radius 3 is 2.41 bits per heavy atom. The molecule has 8 nitrogen and oxygen atoms in total. The first-order valence-electron chi connectivity index (χ1n) is 12.3. The number of imidazole rings is 1. The first kappa shape index (κ1) is 21.3. The fraction of sp³-hybridized carbons (Fsp3) is 0.500. The highest BCUT2D eigenvalue weighted by Crippen LogP contribution is 2.59. The van der Waals surface area contributed by atoms with Gasteiger partial charge in [-0.3, -0.25) is 24.0 Å². The molecule has 4 aliphatic rings. The molecule has 0 aromatic carbocycles. The molecule has 0 atom stereocenters. The number of hydrogen-bond acceptors (Lipinski definition) is 5. The highest BCUT2D eigenvalue weighted by atomic mass is 16.2. The van der Waals surface area contributed by atoms with Gasteiger partial charge >= 0.3 is 0 Å². The Kier molecular flexibility index (Phi) is 5.12. The highest BCUT2D eigenvalue weighted by molar-refractivity contribution is 5.95. The smallest absolute Gasteiger partial charge is 0.271 e. The van der Waals surface area contributed by atoms with Gasteiger partial charge in [0.1, 0.15) is 17.0 Å². The van der Waals surface area contributed by atoms with Crippen molar-refractivity contribution in [3.05, 3.63) is 59.6 Å². The van der Waals surface area contributed by atoms with Gasteiger partial charge in [0.2, 0.25) is 0 Å². The number of hydrogen-bond donors (Lipinski definition) is 2. The number of rotatable bonds is 6. The molecule has 0 saturated heterocycles. The van der Waals surface area contributed by atoms with E-state index in [1.54, 1.807) is 35.1 Å². The predicted octanol–water partition coefficient (Wildman–Crippen LogP) is 3.31. The van der Waals surface area contributed by atoms with E-state index in [4.69, 9.17) is 0 Å². The van der Waals surface area contributed by atoms with Crippen molar-refractivity contribution in [3.8, 4) is 0 Å². The summed E-state index contributed by atoms with van der Waals surface area (Å²) in [6.45, 7) is 2.87. The Bertz CT molecular complexity index is 1210. The molecule has 2 N–H and O–H groups in total. The van der Waals surface area contributed by atoms with E-state index in [2.05, 4.69) is 25.6 Å². The maximum atomic E-state index is 13.2. The monoisotopic (exact) mass is 458 g/mol. The molecule has 3 aromatic rings. The van der Waals surface area contributed by atoms with Crippen LogP contribution in [0.1, 0.15) is 70.9 Å². The molecular formula is C26H30N6O2. The van der Waals surface area contributed by atoms with Gasteiger partial charge in [-0.05, 0) is 80.8 Å². The van der Waals surface area contributed by atoms with Crippen LogP contribution in [-0.2, 0) is 6.54 Å². The molecule has 176 valence electrons. The lowest BCUT2D eigenvalue weighted by atomic mass is 9.49. The predicted molar refractivity (Wildman–Crippen MR) is 126 cm³/mol. The zero-order valence-corrected chi connectivity index (χ0v) is 19.5. The zero-order valence-electron chi connectivity index (χ0n) is 19.5. The van der Waals surface area contributed by atoms with Crippen LogP contribution in [0.15, 0.2) is 36.8 Å². The first-order valence-corrected chi connectivity index (χ1v) is 12.3. The van der Waals surface area contributed by atoms with Crippen LogP contribution in [-0.4, -0.2) is 37.7 Å². The molecule has 4 fully saturated rings. The van der Waals surface area contributed by atoms with Crippen molar-refractivity contribution in [2.45, 2.75) is 52.0 Å². The van der Waals surface area contributed by atoms with E-state index in [-0.39, 0.29) is 29.5 Å². The second-order valence-electron chi connectivity index (χ2n) is 10.7. The van der Waals surface area contributed by atoms with Crippen LogP contribution in [0.5, 0.6) is 0 Å². The van der Waals surface area contributed by atoms with E-state index < -0.39 is 0 Å². The van der Waals surface area contributed by atoms with Gasteiger partial charge < -0.3 is 10.6 Å². The molecule has 4 bridgehead atoms. The molecular weight excluding hydrogens is 428 g/mol. The Morgan fingerprint density at radius 2 is 1.74 bits per heavy atom. The average Bonchev–Trinajstić information content (AvgIpc) is 3.26. The van der Waals surface area contributed by atoms with Crippen LogP contribution >= 0.6 is 0 Å². The topological polar surface area (TPSA) is 101 Å². The molecule has 4 saturated carbocycles. The number of fused-ring (bicyclic) bond motifs is 1. The van der Waals surface area contributed by atoms with E-state index in [0.29, 0.717) is 17.0 Å². The molecule has 3 aromatic heterocycles. The Balaban J connectivity index is 1.15. The van der Waals surface area contributed by atoms with Gasteiger partial charge in [0.15, 0.2) is 0 Å². The lowest BCUT2D eigenvalue weighted by Gasteiger charge is -2.56. The molecule has 0 unspecified atom stereocenters. The number of carbonyl (C=O) groups excluding carboxylic acids is 2. The standard InChI is InChI=1S/C26H30N6O2/c1-16-11-28-20(12-27-16)13-29-24(33)21-14-32-22(3-2-4-23(32)31-21)25(34)30-15-26-8-17-5-18(9-26)7-19(6-17)10-26/h2-4,11-12,14,17-19H,5-10,13,15H2,1H3,(H,29,33)(H,30,34). The number of amides is 2. The Hall–Kier alpha value is -3.29. The summed E-state index contributed by atoms with van der Waals surface area (Å²) in [6.07, 6.45) is 12.9. The number of aromatic nitrogens is 4. The summed E-state index contributed by atoms with van der Waals surface area (Å²) in [4.78, 5) is 38.8. The highest BCUT2D eigenvalue weighted by Gasteiger charge is 2.50. The molecule has 34 heavy (non-hydrogen) atoms. The van der Waals surface area contributed by atoms with Gasteiger partial charge in [0.05, 0.1) is 24.1 Å². The summed E-state index contributed by atoms with van der Waals surface area (Å²) in [5.41, 5.74) is 3.11. The van der Waals surface area contributed by atoms with Gasteiger partial charge in [-0.1, -0.05) is 6.07 Å². The SMILES string of the molecule is Cc1cnc(CNC(=O)c2cn3c(C(=O)NCC45CC6CC(CC(C6)C4)C5)cccc3n2)cn1. The van der Waals surface area contributed by atoms with Gasteiger partial charge in [-0.25, -0.2) is 4.98 Å². The summed E-state index contributed by atoms with van der Waals surface area (Å²) in [6, 6.07) is 5.40. The van der Waals surface area contributed by atoms with Crippen LogP contribution < -0.4 is 10.6 Å². The number of carbonyl (C=O) groups is 2. The van der Waals surface area contributed by atoms with Gasteiger partial charge in [0.25, 0.3) is 11.8 Å². The summed E-state index contributed by atoms with van der Waals surface area (Å²) in [7, 11) is 0. The van der Waals surface area contributed by atoms with Gasteiger partial charge in [-0.15, -0.1) is 0 Å². The minimum atomic E-state index is -0.314. The zero-order chi connectivity index (χ0) is 23.3. The van der Waals surface area contributed by atoms with Gasteiger partial charge in [-0.2, -0.15) is 0 Å². The fourth-order valence-corrected chi connectivity index (χ4v) is 6.94. The quantitative estimate of drug-likeness (QED) is 0.590. The minimum Gasteiger partial charge on any atom is -0.350 e. The van der Waals surface area contributed by atoms with E-state index in [0.717, 1.165) is 30.0 Å². The lowest BCUT2D eigenvalue weighted by Crippen LogP contribution is -2.51. The number of nitrogens with one attached hydrogen (secondary N) is 2. The molecule has 7 rings (SSSR count). The van der Waals surface area contributed by atoms with E-state index in [1.807, 2.05) is 13.0 Å². The van der Waals surface area contributed by atoms with Crippen LogP contribution in [0, 0.1) is 30.1 Å². The third-order valence-electron chi connectivity index (χ3n) is 8.01. The maximum absolute atomic E-state index is 13.2. The Morgan fingerprint density at radius 1 is 1.00 bits per heavy atom. The summed E-state index contributed by atoms with van der Waals surface area (Å²) in [5, 5.41) is 6.06. The van der Waals surface area contributed by atoms with Crippen molar-refractivity contribution >= 4 is 17.5 Å². The average molecular weight is 459 g/mol.